The molecule has 7 aromatic carbocycles. The molecule has 0 aliphatic carbocycles. The highest BCUT2D eigenvalue weighted by atomic mass is 28.3. The zero-order chi connectivity index (χ0) is 30.2. The molecule has 2 aliphatic rings. The van der Waals surface area contributed by atoms with Gasteiger partial charge in [-0.05, 0) is 57.1 Å². The lowest BCUT2D eigenvalue weighted by molar-refractivity contribution is 0.487. The van der Waals surface area contributed by atoms with Crippen molar-refractivity contribution in [1.82, 2.24) is 4.57 Å². The summed E-state index contributed by atoms with van der Waals surface area (Å²) in [6.07, 6.45) is 0. The van der Waals surface area contributed by atoms with Crippen LogP contribution in [-0.4, -0.2) is 21.4 Å². The smallest absolute Gasteiger partial charge is 0.188 e. The molecule has 1 atom stereocenters. The van der Waals surface area contributed by atoms with E-state index in [2.05, 4.69) is 174 Å². The first-order valence-electron chi connectivity index (χ1n) is 16.0. The second-order valence-electron chi connectivity index (χ2n) is 12.4. The van der Waals surface area contributed by atoms with Crippen molar-refractivity contribution in [3.8, 4) is 17.2 Å². The first kappa shape index (κ1) is 25.9. The van der Waals surface area contributed by atoms with Crippen molar-refractivity contribution in [2.75, 3.05) is 0 Å². The van der Waals surface area contributed by atoms with Crippen molar-refractivity contribution in [3.63, 3.8) is 0 Å². The number of fused-ring (bicyclic) bond motifs is 11. The fourth-order valence-electron chi connectivity index (χ4n) is 8.44. The van der Waals surface area contributed by atoms with Crippen LogP contribution in [0.1, 0.15) is 0 Å². The fourth-order valence-corrected chi connectivity index (χ4v) is 18.8. The molecule has 0 amide bonds. The summed E-state index contributed by atoms with van der Waals surface area (Å²) in [6.45, 7) is 0. The SMILES string of the molecule is c1ccc([SiH]2c3ccccc3[Si]3(c4ccccc4Oc4ccccc43)c3cc(-n4c5ccccc5c5ccccc54)ccc32)cc1. The van der Waals surface area contributed by atoms with E-state index in [1.54, 1.807) is 0 Å². The summed E-state index contributed by atoms with van der Waals surface area (Å²) in [5, 5.41) is 12.7. The average molecular weight is 620 g/mol. The summed E-state index contributed by atoms with van der Waals surface area (Å²) in [5.41, 5.74) is 3.69. The van der Waals surface area contributed by atoms with Gasteiger partial charge in [0.25, 0.3) is 0 Å². The summed E-state index contributed by atoms with van der Waals surface area (Å²) < 4.78 is 9.18. The molecule has 1 spiro atoms. The van der Waals surface area contributed by atoms with E-state index < -0.39 is 16.9 Å². The van der Waals surface area contributed by atoms with Crippen molar-refractivity contribution in [1.29, 1.82) is 0 Å². The molecule has 0 N–H and O–H groups in total. The van der Waals surface area contributed by atoms with Gasteiger partial charge in [-0.15, -0.1) is 0 Å². The maximum atomic E-state index is 6.71. The lowest BCUT2D eigenvalue weighted by Crippen LogP contribution is -2.87. The average Bonchev–Trinajstić information content (AvgIpc) is 3.46. The number of para-hydroxylation sites is 4. The maximum absolute atomic E-state index is 6.71. The van der Waals surface area contributed by atoms with E-state index in [-0.39, 0.29) is 0 Å². The van der Waals surface area contributed by atoms with E-state index >= 15 is 0 Å². The van der Waals surface area contributed by atoms with Gasteiger partial charge in [0.05, 0.1) is 11.0 Å². The Morgan fingerprint density at radius 3 is 1.63 bits per heavy atom. The Labute approximate surface area is 270 Å². The minimum atomic E-state index is -2.81. The van der Waals surface area contributed by atoms with E-state index in [1.165, 1.54) is 63.8 Å². The lowest BCUT2D eigenvalue weighted by Gasteiger charge is -2.46. The highest BCUT2D eigenvalue weighted by Gasteiger charge is 2.53. The number of hydrogen-bond acceptors (Lipinski definition) is 1. The predicted octanol–water partition coefficient (Wildman–Crippen LogP) is 4.83. The first-order valence-corrected chi connectivity index (χ1v) is 19.7. The first-order chi connectivity index (χ1) is 22.8. The largest absolute Gasteiger partial charge is 0.458 e. The van der Waals surface area contributed by atoms with Crippen molar-refractivity contribution in [3.05, 3.63) is 170 Å². The molecule has 3 heterocycles. The third kappa shape index (κ3) is 3.40. The van der Waals surface area contributed by atoms with Crippen LogP contribution in [0.25, 0.3) is 27.5 Å². The number of rotatable bonds is 2. The third-order valence-corrected chi connectivity index (χ3v) is 19.0. The Balaban J connectivity index is 1.38. The Morgan fingerprint density at radius 2 is 0.957 bits per heavy atom. The molecule has 216 valence electrons. The van der Waals surface area contributed by atoms with Crippen LogP contribution in [0.2, 0.25) is 0 Å². The van der Waals surface area contributed by atoms with Gasteiger partial charge in [0, 0.05) is 16.5 Å². The lowest BCUT2D eigenvalue weighted by atomic mass is 10.2. The molecule has 1 unspecified atom stereocenters. The molecule has 2 aliphatic heterocycles. The summed E-state index contributed by atoms with van der Waals surface area (Å²) in [4.78, 5) is 0. The minimum absolute atomic E-state index is 0.982. The highest BCUT2D eigenvalue weighted by Crippen LogP contribution is 2.33. The third-order valence-electron chi connectivity index (χ3n) is 10.2. The van der Waals surface area contributed by atoms with E-state index in [9.17, 15) is 0 Å². The molecule has 1 aromatic heterocycles. The van der Waals surface area contributed by atoms with Crippen LogP contribution in [0, 0.1) is 0 Å². The Kier molecular flexibility index (Phi) is 5.50. The highest BCUT2D eigenvalue weighted by molar-refractivity contribution is 7.27. The molecule has 46 heavy (non-hydrogen) atoms. The van der Waals surface area contributed by atoms with E-state index in [1.807, 2.05) is 0 Å². The second kappa shape index (κ2) is 9.79. The summed E-state index contributed by atoms with van der Waals surface area (Å²) in [7, 11) is -4.63. The van der Waals surface area contributed by atoms with Crippen LogP contribution >= 0.6 is 0 Å². The van der Waals surface area contributed by atoms with Gasteiger partial charge in [0.2, 0.25) is 0 Å². The molecule has 0 saturated carbocycles. The molecular formula is C42H29NOSi2. The standard InChI is InChI=1S/C42H29NOSi2/c1-2-14-30(15-3-1)45-37-22-10-13-25-41(37)46(39-23-11-8-20-35(39)44-36-21-9-12-24-40(36)46)42-28-29(26-27-38(42)45)43-33-18-6-4-16-31(33)32-17-5-7-19-34(32)43/h1-28,45H. The van der Waals surface area contributed by atoms with E-state index in [4.69, 9.17) is 4.74 Å². The Bertz CT molecular complexity index is 2380. The van der Waals surface area contributed by atoms with Gasteiger partial charge in [-0.25, -0.2) is 0 Å². The fraction of sp³-hybridized carbons (Fsp3) is 0. The van der Waals surface area contributed by atoms with Gasteiger partial charge in [-0.3, -0.25) is 0 Å². The van der Waals surface area contributed by atoms with Gasteiger partial charge < -0.3 is 9.30 Å². The molecule has 2 nitrogen and oxygen atoms in total. The van der Waals surface area contributed by atoms with Gasteiger partial charge >= 0.3 is 0 Å². The number of benzene rings is 7. The quantitative estimate of drug-likeness (QED) is 0.253. The molecule has 4 heteroatoms. The number of aromatic nitrogens is 1. The number of nitrogens with zero attached hydrogens (tertiary/aromatic N) is 1. The molecule has 0 saturated heterocycles. The minimum Gasteiger partial charge on any atom is -0.458 e. The summed E-state index contributed by atoms with van der Waals surface area (Å²) in [6, 6.07) is 63.4. The van der Waals surface area contributed by atoms with Crippen LogP contribution in [0.15, 0.2) is 170 Å². The van der Waals surface area contributed by atoms with Crippen molar-refractivity contribution in [2.45, 2.75) is 0 Å². The van der Waals surface area contributed by atoms with Crippen molar-refractivity contribution < 1.29 is 4.74 Å². The van der Waals surface area contributed by atoms with Crippen molar-refractivity contribution >= 4 is 75.0 Å². The van der Waals surface area contributed by atoms with Gasteiger partial charge in [-0.2, -0.15) is 0 Å². The maximum Gasteiger partial charge on any atom is 0.188 e. The zero-order valence-corrected chi connectivity index (χ0v) is 27.3. The van der Waals surface area contributed by atoms with Crippen LogP contribution in [0.3, 0.4) is 0 Å². The van der Waals surface area contributed by atoms with Gasteiger partial charge in [0.15, 0.2) is 8.07 Å². The molecule has 0 fully saturated rings. The molecular weight excluding hydrogens is 591 g/mol. The van der Waals surface area contributed by atoms with E-state index in [0.29, 0.717) is 0 Å². The Morgan fingerprint density at radius 1 is 0.435 bits per heavy atom. The topological polar surface area (TPSA) is 14.2 Å². The van der Waals surface area contributed by atoms with Gasteiger partial charge in [-0.1, -0.05) is 149 Å². The number of ether oxygens (including phenoxy) is 1. The molecule has 8 aromatic rings. The van der Waals surface area contributed by atoms with Crippen LogP contribution in [0.5, 0.6) is 11.5 Å². The monoisotopic (exact) mass is 619 g/mol. The zero-order valence-electron chi connectivity index (χ0n) is 25.1. The van der Waals surface area contributed by atoms with E-state index in [0.717, 1.165) is 11.5 Å². The predicted molar refractivity (Wildman–Crippen MR) is 197 cm³/mol. The van der Waals surface area contributed by atoms with Crippen LogP contribution in [0.4, 0.5) is 0 Å². The van der Waals surface area contributed by atoms with Crippen LogP contribution in [-0.2, 0) is 0 Å². The Hall–Kier alpha value is -5.43. The second-order valence-corrected chi connectivity index (χ2v) is 18.8. The van der Waals surface area contributed by atoms with Crippen molar-refractivity contribution in [2.24, 2.45) is 0 Å². The normalized spacial score (nSPS) is 15.5. The molecule has 0 radical (unpaired) electrons. The number of hydrogen-bond donors (Lipinski definition) is 0. The van der Waals surface area contributed by atoms with Crippen LogP contribution < -0.4 is 41.0 Å². The molecule has 10 rings (SSSR count). The summed E-state index contributed by atoms with van der Waals surface area (Å²) in [5.74, 6) is 1.96. The molecule has 0 bridgehead atoms. The van der Waals surface area contributed by atoms with Gasteiger partial charge in [0.1, 0.15) is 20.3 Å². The summed E-state index contributed by atoms with van der Waals surface area (Å²) >= 11 is 0.